The van der Waals surface area contributed by atoms with Gasteiger partial charge in [0.05, 0.1) is 13.0 Å². The minimum atomic E-state index is -1.32. The highest BCUT2D eigenvalue weighted by Crippen LogP contribution is 2.11. The third-order valence-electron chi connectivity index (χ3n) is 1.57. The van der Waals surface area contributed by atoms with E-state index < -0.39 is 12.3 Å². The lowest BCUT2D eigenvalue weighted by Crippen LogP contribution is -2.22. The van der Waals surface area contributed by atoms with Gasteiger partial charge >= 0.3 is 6.16 Å². The number of rotatable bonds is 1. The highest BCUT2D eigenvalue weighted by molar-refractivity contribution is 5.79. The molecule has 0 spiro atoms. The second-order valence-electron chi connectivity index (χ2n) is 2.48. The number of likely N-dealkylation sites (N-methyl/N-ethyl adjacent to an activating group) is 1. The molecule has 62 valence electrons. The van der Waals surface area contributed by atoms with Crippen molar-refractivity contribution in [3.8, 4) is 0 Å². The van der Waals surface area contributed by atoms with Crippen molar-refractivity contribution in [3.05, 3.63) is 0 Å². The van der Waals surface area contributed by atoms with E-state index in [9.17, 15) is 9.59 Å². The minimum absolute atomic E-state index is 0.0729. The lowest BCUT2D eigenvalue weighted by Gasteiger charge is -2.08. The van der Waals surface area contributed by atoms with E-state index in [2.05, 4.69) is 4.74 Å². The van der Waals surface area contributed by atoms with Crippen molar-refractivity contribution in [1.82, 2.24) is 4.90 Å². The molecule has 0 saturated carbocycles. The molecule has 1 heterocycles. The van der Waals surface area contributed by atoms with Gasteiger partial charge in [0.15, 0.2) is 0 Å². The minimum Gasteiger partial charge on any atom is -0.450 e. The first-order chi connectivity index (χ1) is 5.09. The second-order valence-corrected chi connectivity index (χ2v) is 2.48. The molecule has 1 fully saturated rings. The Kier molecular flexibility index (Phi) is 1.98. The Labute approximate surface area is 63.5 Å². The number of nitrogens with zero attached hydrogens (tertiary/aromatic N) is 1. The summed E-state index contributed by atoms with van der Waals surface area (Å²) in [6, 6.07) is 0. The Balaban J connectivity index is 2.41. The molecule has 1 N–H and O–H groups in total. The Bertz CT molecular complexity index is 189. The molecular weight excluding hydrogens is 150 g/mol. The van der Waals surface area contributed by atoms with E-state index in [4.69, 9.17) is 5.11 Å². The average Bonchev–Trinajstić information content (AvgIpc) is 2.10. The van der Waals surface area contributed by atoms with Gasteiger partial charge in [-0.25, -0.2) is 4.79 Å². The standard InChI is InChI=1S/C6H9NO4/c1-7-3-4(2-5(7)8)11-6(9)10/h4H,2-3H2,1H3,(H,9,10). The lowest BCUT2D eigenvalue weighted by atomic mass is 10.3. The summed E-state index contributed by atoms with van der Waals surface area (Å²) in [7, 11) is 1.62. The summed E-state index contributed by atoms with van der Waals surface area (Å²) in [4.78, 5) is 22.3. The number of carbonyl (C=O) groups is 2. The first-order valence-corrected chi connectivity index (χ1v) is 3.23. The van der Waals surface area contributed by atoms with Gasteiger partial charge in [-0.2, -0.15) is 0 Å². The summed E-state index contributed by atoms with van der Waals surface area (Å²) >= 11 is 0. The summed E-state index contributed by atoms with van der Waals surface area (Å²) in [6.45, 7) is 0.366. The van der Waals surface area contributed by atoms with E-state index in [1.807, 2.05) is 0 Å². The largest absolute Gasteiger partial charge is 0.506 e. The third kappa shape index (κ3) is 1.83. The van der Waals surface area contributed by atoms with E-state index >= 15 is 0 Å². The summed E-state index contributed by atoms with van der Waals surface area (Å²) in [6.07, 6.45) is -1.63. The maximum absolute atomic E-state index is 10.8. The van der Waals surface area contributed by atoms with Gasteiger partial charge in [0.25, 0.3) is 0 Å². The van der Waals surface area contributed by atoms with Crippen LogP contribution in [0.15, 0.2) is 0 Å². The van der Waals surface area contributed by atoms with Crippen molar-refractivity contribution in [3.63, 3.8) is 0 Å². The molecule has 0 aromatic rings. The van der Waals surface area contributed by atoms with Gasteiger partial charge in [0, 0.05) is 7.05 Å². The number of hydrogen-bond acceptors (Lipinski definition) is 3. The predicted molar refractivity (Wildman–Crippen MR) is 35.2 cm³/mol. The van der Waals surface area contributed by atoms with Crippen molar-refractivity contribution in [2.24, 2.45) is 0 Å². The first kappa shape index (κ1) is 7.84. The molecule has 1 atom stereocenters. The monoisotopic (exact) mass is 159 g/mol. The van der Waals surface area contributed by atoms with Gasteiger partial charge in [0.1, 0.15) is 6.10 Å². The van der Waals surface area contributed by atoms with Crippen molar-refractivity contribution in [2.45, 2.75) is 12.5 Å². The Morgan fingerprint density at radius 1 is 1.82 bits per heavy atom. The van der Waals surface area contributed by atoms with E-state index in [0.717, 1.165) is 0 Å². The summed E-state index contributed by atoms with van der Waals surface area (Å²) in [5.74, 6) is -0.0729. The molecule has 5 nitrogen and oxygen atoms in total. The van der Waals surface area contributed by atoms with E-state index in [1.165, 1.54) is 4.90 Å². The molecule has 1 rings (SSSR count). The van der Waals surface area contributed by atoms with Crippen LogP contribution in [0.3, 0.4) is 0 Å². The Morgan fingerprint density at radius 3 is 2.82 bits per heavy atom. The highest BCUT2D eigenvalue weighted by atomic mass is 16.7. The van der Waals surface area contributed by atoms with Crippen LogP contribution in [-0.4, -0.2) is 41.8 Å². The predicted octanol–water partition coefficient (Wildman–Crippen LogP) is -0.0883. The molecule has 0 radical (unpaired) electrons. The van der Waals surface area contributed by atoms with Crippen molar-refractivity contribution >= 4 is 12.1 Å². The van der Waals surface area contributed by atoms with Crippen LogP contribution in [0.4, 0.5) is 4.79 Å². The molecule has 1 unspecified atom stereocenters. The second kappa shape index (κ2) is 2.77. The van der Waals surface area contributed by atoms with E-state index in [-0.39, 0.29) is 12.3 Å². The van der Waals surface area contributed by atoms with Gasteiger partial charge in [-0.1, -0.05) is 0 Å². The van der Waals surface area contributed by atoms with Crippen LogP contribution in [0.1, 0.15) is 6.42 Å². The molecule has 11 heavy (non-hydrogen) atoms. The average molecular weight is 159 g/mol. The summed E-state index contributed by atoms with van der Waals surface area (Å²) < 4.78 is 4.41. The van der Waals surface area contributed by atoms with E-state index in [1.54, 1.807) is 7.05 Å². The molecule has 1 aliphatic heterocycles. The van der Waals surface area contributed by atoms with Crippen LogP contribution < -0.4 is 0 Å². The maximum atomic E-state index is 10.8. The zero-order valence-corrected chi connectivity index (χ0v) is 6.11. The van der Waals surface area contributed by atoms with Gasteiger partial charge in [-0.05, 0) is 0 Å². The highest BCUT2D eigenvalue weighted by Gasteiger charge is 2.29. The van der Waals surface area contributed by atoms with E-state index in [0.29, 0.717) is 6.54 Å². The molecule has 5 heteroatoms. The lowest BCUT2D eigenvalue weighted by molar-refractivity contribution is -0.126. The van der Waals surface area contributed by atoms with Crippen LogP contribution in [0, 0.1) is 0 Å². The fourth-order valence-corrected chi connectivity index (χ4v) is 1.04. The van der Waals surface area contributed by atoms with Gasteiger partial charge in [-0.3, -0.25) is 4.79 Å². The van der Waals surface area contributed by atoms with Gasteiger partial charge < -0.3 is 14.7 Å². The molecule has 1 amide bonds. The quantitative estimate of drug-likeness (QED) is 0.543. The Morgan fingerprint density at radius 2 is 2.45 bits per heavy atom. The number of ether oxygens (including phenoxy) is 1. The number of amides is 1. The number of carbonyl (C=O) groups excluding carboxylic acids is 1. The third-order valence-corrected chi connectivity index (χ3v) is 1.57. The number of hydrogen-bond donors (Lipinski definition) is 1. The molecule has 0 aromatic carbocycles. The van der Waals surface area contributed by atoms with Crippen molar-refractivity contribution < 1.29 is 19.4 Å². The van der Waals surface area contributed by atoms with Crippen LogP contribution in [-0.2, 0) is 9.53 Å². The fourth-order valence-electron chi connectivity index (χ4n) is 1.04. The summed E-state index contributed by atoms with van der Waals surface area (Å²) in [5.41, 5.74) is 0. The molecule has 1 aliphatic rings. The molecular formula is C6H9NO4. The zero-order chi connectivity index (χ0) is 8.43. The first-order valence-electron chi connectivity index (χ1n) is 3.23. The zero-order valence-electron chi connectivity index (χ0n) is 6.11. The Hall–Kier alpha value is -1.26. The molecule has 0 aliphatic carbocycles. The number of likely N-dealkylation sites (tertiary alicyclic amines) is 1. The fraction of sp³-hybridized carbons (Fsp3) is 0.667. The topological polar surface area (TPSA) is 66.8 Å². The molecule has 0 aromatic heterocycles. The summed E-state index contributed by atoms with van der Waals surface area (Å²) in [5, 5.41) is 8.19. The van der Waals surface area contributed by atoms with Crippen molar-refractivity contribution in [1.29, 1.82) is 0 Å². The number of carboxylic acid groups (broad SMARTS) is 1. The van der Waals surface area contributed by atoms with Gasteiger partial charge in [0.2, 0.25) is 5.91 Å². The van der Waals surface area contributed by atoms with Crippen LogP contribution in [0.2, 0.25) is 0 Å². The van der Waals surface area contributed by atoms with Crippen LogP contribution >= 0.6 is 0 Å². The van der Waals surface area contributed by atoms with Crippen molar-refractivity contribution in [2.75, 3.05) is 13.6 Å². The normalized spacial score (nSPS) is 23.9. The van der Waals surface area contributed by atoms with Crippen LogP contribution in [0.25, 0.3) is 0 Å². The maximum Gasteiger partial charge on any atom is 0.506 e. The smallest absolute Gasteiger partial charge is 0.450 e. The van der Waals surface area contributed by atoms with Gasteiger partial charge in [-0.15, -0.1) is 0 Å². The molecule has 0 bridgehead atoms. The molecule has 1 saturated heterocycles. The van der Waals surface area contributed by atoms with Crippen LogP contribution in [0.5, 0.6) is 0 Å². The SMILES string of the molecule is CN1CC(OC(=O)O)CC1=O.